The maximum Gasteiger partial charge on any atom is 0.433 e. The molecule has 2 fully saturated rings. The van der Waals surface area contributed by atoms with Crippen LogP contribution in [0.4, 0.5) is 13.2 Å². The summed E-state index contributed by atoms with van der Waals surface area (Å²) < 4.78 is 41.9. The first kappa shape index (κ1) is 20.2. The molecule has 2 aliphatic rings. The number of halogens is 3. The molecule has 0 atom stereocenters. The lowest BCUT2D eigenvalue weighted by Gasteiger charge is -2.42. The highest BCUT2D eigenvalue weighted by atomic mass is 19.4. The number of likely N-dealkylation sites (tertiary alicyclic amines) is 1. The highest BCUT2D eigenvalue weighted by Gasteiger charge is 2.38. The quantitative estimate of drug-likeness (QED) is 0.727. The monoisotopic (exact) mass is 408 g/mol. The number of piperidine rings is 1. The zero-order chi connectivity index (χ0) is 20.8. The lowest BCUT2D eigenvalue weighted by atomic mass is 9.90. The highest BCUT2D eigenvalue weighted by molar-refractivity contribution is 5.94. The van der Waals surface area contributed by atoms with Crippen molar-refractivity contribution in [2.45, 2.75) is 76.9 Å². The average molecular weight is 408 g/mol. The van der Waals surface area contributed by atoms with E-state index in [0.29, 0.717) is 24.6 Å². The summed E-state index contributed by atoms with van der Waals surface area (Å²) in [5, 5.41) is 4.04. The van der Waals surface area contributed by atoms with Gasteiger partial charge in [-0.15, -0.1) is 0 Å². The van der Waals surface area contributed by atoms with Gasteiger partial charge in [0.1, 0.15) is 5.69 Å². The molecule has 1 amide bonds. The van der Waals surface area contributed by atoms with Crippen molar-refractivity contribution in [1.82, 2.24) is 19.5 Å². The molecule has 1 saturated heterocycles. The second kappa shape index (κ2) is 7.29. The Kier molecular flexibility index (Phi) is 5.07. The van der Waals surface area contributed by atoms with Crippen molar-refractivity contribution in [3.05, 3.63) is 29.2 Å². The SMILES string of the molecule is CC1(C)CCCCN1C(=O)c1cc2nc(CC3CCCC3)cc(C(F)(F)F)n2n1. The van der Waals surface area contributed by atoms with E-state index in [0.717, 1.165) is 55.5 Å². The summed E-state index contributed by atoms with van der Waals surface area (Å²) in [5.41, 5.74) is -0.664. The minimum atomic E-state index is -4.57. The van der Waals surface area contributed by atoms with Crippen LogP contribution in [-0.4, -0.2) is 37.5 Å². The Bertz CT molecular complexity index is 913. The second-order valence-corrected chi connectivity index (χ2v) is 9.01. The van der Waals surface area contributed by atoms with Crippen LogP contribution >= 0.6 is 0 Å². The Morgan fingerprint density at radius 1 is 1.17 bits per heavy atom. The molecule has 2 aromatic rings. The molecular formula is C21H27F3N4O. The van der Waals surface area contributed by atoms with Crippen LogP contribution in [0.5, 0.6) is 0 Å². The van der Waals surface area contributed by atoms with Gasteiger partial charge in [-0.2, -0.15) is 18.3 Å². The number of hydrogen-bond acceptors (Lipinski definition) is 3. The largest absolute Gasteiger partial charge is 0.433 e. The fraction of sp³-hybridized carbons (Fsp3) is 0.667. The van der Waals surface area contributed by atoms with Crippen LogP contribution in [0.25, 0.3) is 5.65 Å². The first-order valence-electron chi connectivity index (χ1n) is 10.4. The van der Waals surface area contributed by atoms with Gasteiger partial charge in [0.05, 0.1) is 0 Å². The standard InChI is InChI=1S/C21H27F3N4O/c1-20(2)9-5-6-10-27(20)19(29)16-13-18-25-15(11-14-7-3-4-8-14)12-17(21(22,23)24)28(18)26-16/h12-14H,3-11H2,1-2H3. The number of nitrogens with zero attached hydrogens (tertiary/aromatic N) is 4. The Labute approximate surface area is 168 Å². The zero-order valence-corrected chi connectivity index (χ0v) is 16.9. The van der Waals surface area contributed by atoms with Gasteiger partial charge in [0, 0.05) is 23.8 Å². The number of carbonyl (C=O) groups excluding carboxylic acids is 1. The third-order valence-corrected chi connectivity index (χ3v) is 6.36. The van der Waals surface area contributed by atoms with Crippen molar-refractivity contribution in [1.29, 1.82) is 0 Å². The number of amides is 1. The van der Waals surface area contributed by atoms with Crippen LogP contribution in [0, 0.1) is 5.92 Å². The minimum absolute atomic E-state index is 0.0241. The summed E-state index contributed by atoms with van der Waals surface area (Å²) in [6, 6.07) is 2.50. The summed E-state index contributed by atoms with van der Waals surface area (Å²) >= 11 is 0. The lowest BCUT2D eigenvalue weighted by Crippen LogP contribution is -2.50. The molecule has 5 nitrogen and oxygen atoms in total. The minimum Gasteiger partial charge on any atom is -0.332 e. The van der Waals surface area contributed by atoms with E-state index >= 15 is 0 Å². The molecule has 1 aliphatic heterocycles. The smallest absolute Gasteiger partial charge is 0.332 e. The Morgan fingerprint density at radius 2 is 1.90 bits per heavy atom. The summed E-state index contributed by atoms with van der Waals surface area (Å²) in [6.07, 6.45) is 3.06. The third-order valence-electron chi connectivity index (χ3n) is 6.36. The van der Waals surface area contributed by atoms with Crippen LogP contribution in [0.3, 0.4) is 0 Å². The van der Waals surface area contributed by atoms with Gasteiger partial charge in [0.2, 0.25) is 0 Å². The molecule has 1 saturated carbocycles. The topological polar surface area (TPSA) is 50.5 Å². The molecule has 0 aromatic carbocycles. The number of hydrogen-bond donors (Lipinski definition) is 0. The molecule has 0 radical (unpaired) electrons. The van der Waals surface area contributed by atoms with Gasteiger partial charge >= 0.3 is 6.18 Å². The number of carbonyl (C=O) groups is 1. The summed E-state index contributed by atoms with van der Waals surface area (Å²) in [4.78, 5) is 19.2. The van der Waals surface area contributed by atoms with Gasteiger partial charge in [0.15, 0.2) is 11.3 Å². The number of aromatic nitrogens is 3. The molecule has 3 heterocycles. The second-order valence-electron chi connectivity index (χ2n) is 9.01. The maximum absolute atomic E-state index is 13.7. The predicted molar refractivity (Wildman–Crippen MR) is 103 cm³/mol. The van der Waals surface area contributed by atoms with Crippen LogP contribution in [0.1, 0.15) is 80.7 Å². The fourth-order valence-electron chi connectivity index (χ4n) is 4.73. The van der Waals surface area contributed by atoms with Gasteiger partial charge in [-0.3, -0.25) is 4.79 Å². The van der Waals surface area contributed by atoms with Crippen molar-refractivity contribution in [2.24, 2.45) is 5.92 Å². The molecule has 4 rings (SSSR count). The molecule has 158 valence electrons. The first-order valence-corrected chi connectivity index (χ1v) is 10.4. The molecule has 29 heavy (non-hydrogen) atoms. The van der Waals surface area contributed by atoms with Crippen LogP contribution in [0.15, 0.2) is 12.1 Å². The molecule has 0 bridgehead atoms. The molecule has 0 unspecified atom stereocenters. The zero-order valence-electron chi connectivity index (χ0n) is 16.9. The Morgan fingerprint density at radius 3 is 2.55 bits per heavy atom. The first-order chi connectivity index (χ1) is 13.6. The van der Waals surface area contributed by atoms with Gasteiger partial charge in [-0.05, 0) is 51.5 Å². The molecule has 0 N–H and O–H groups in total. The van der Waals surface area contributed by atoms with Gasteiger partial charge in [-0.1, -0.05) is 25.7 Å². The van der Waals surface area contributed by atoms with Crippen molar-refractivity contribution >= 4 is 11.6 Å². The summed E-state index contributed by atoms with van der Waals surface area (Å²) in [7, 11) is 0. The van der Waals surface area contributed by atoms with Crippen molar-refractivity contribution in [3.8, 4) is 0 Å². The number of fused-ring (bicyclic) bond motifs is 1. The van der Waals surface area contributed by atoms with E-state index in [1.807, 2.05) is 13.8 Å². The molecule has 2 aromatic heterocycles. The molecular weight excluding hydrogens is 381 g/mol. The third kappa shape index (κ3) is 3.98. The van der Waals surface area contributed by atoms with Gasteiger partial charge in [0.25, 0.3) is 5.91 Å². The highest BCUT2D eigenvalue weighted by Crippen LogP contribution is 2.33. The van der Waals surface area contributed by atoms with Crippen molar-refractivity contribution in [3.63, 3.8) is 0 Å². The molecule has 1 aliphatic carbocycles. The fourth-order valence-corrected chi connectivity index (χ4v) is 4.73. The Hall–Kier alpha value is -2.12. The van der Waals surface area contributed by atoms with E-state index in [4.69, 9.17) is 0 Å². The van der Waals surface area contributed by atoms with Gasteiger partial charge < -0.3 is 4.90 Å². The number of alkyl halides is 3. The van der Waals surface area contributed by atoms with Crippen LogP contribution in [0.2, 0.25) is 0 Å². The maximum atomic E-state index is 13.7. The Balaban J connectivity index is 1.72. The average Bonchev–Trinajstić information content (AvgIpc) is 3.28. The summed E-state index contributed by atoms with van der Waals surface area (Å²) in [5.74, 6) is 0.0508. The van der Waals surface area contributed by atoms with Crippen LogP contribution < -0.4 is 0 Å². The molecule has 0 spiro atoms. The van der Waals surface area contributed by atoms with E-state index in [1.165, 1.54) is 6.07 Å². The summed E-state index contributed by atoms with van der Waals surface area (Å²) in [6.45, 7) is 4.56. The van der Waals surface area contributed by atoms with Gasteiger partial charge in [-0.25, -0.2) is 9.50 Å². The van der Waals surface area contributed by atoms with E-state index in [9.17, 15) is 18.0 Å². The number of rotatable bonds is 3. The van der Waals surface area contributed by atoms with E-state index in [-0.39, 0.29) is 22.8 Å². The molecule has 8 heteroatoms. The van der Waals surface area contributed by atoms with E-state index in [1.54, 1.807) is 4.90 Å². The van der Waals surface area contributed by atoms with Crippen LogP contribution in [-0.2, 0) is 12.6 Å². The van der Waals surface area contributed by atoms with E-state index < -0.39 is 11.9 Å². The van der Waals surface area contributed by atoms with E-state index in [2.05, 4.69) is 10.1 Å². The predicted octanol–water partition coefficient (Wildman–Crippen LogP) is 4.89. The lowest BCUT2D eigenvalue weighted by molar-refractivity contribution is -0.142. The van der Waals surface area contributed by atoms with Crippen molar-refractivity contribution < 1.29 is 18.0 Å². The normalized spacial score (nSPS) is 20.5. The van der Waals surface area contributed by atoms with Crippen molar-refractivity contribution in [2.75, 3.05) is 6.54 Å².